The fourth-order valence-corrected chi connectivity index (χ4v) is 3.29. The van der Waals surface area contributed by atoms with Crippen LogP contribution in [0.3, 0.4) is 0 Å². The first-order chi connectivity index (χ1) is 13.7. The summed E-state index contributed by atoms with van der Waals surface area (Å²) in [7, 11) is 4.20. The van der Waals surface area contributed by atoms with Crippen LogP contribution in [-0.4, -0.2) is 46.8 Å². The van der Waals surface area contributed by atoms with E-state index in [4.69, 9.17) is 5.10 Å². The van der Waals surface area contributed by atoms with Crippen molar-refractivity contribution < 1.29 is 0 Å². The lowest BCUT2D eigenvalue weighted by Crippen LogP contribution is -2.16. The van der Waals surface area contributed by atoms with Crippen LogP contribution >= 0.6 is 0 Å². The molecule has 0 atom stereocenters. The molecule has 0 radical (unpaired) electrons. The first-order valence-electron chi connectivity index (χ1n) is 9.60. The van der Waals surface area contributed by atoms with Crippen LogP contribution in [0, 0.1) is 0 Å². The summed E-state index contributed by atoms with van der Waals surface area (Å²) in [6.07, 6.45) is 2.93. The van der Waals surface area contributed by atoms with Crippen LogP contribution in [0.15, 0.2) is 72.9 Å². The molecule has 4 aromatic rings. The van der Waals surface area contributed by atoms with Crippen molar-refractivity contribution in [2.75, 3.05) is 32.5 Å². The van der Waals surface area contributed by atoms with Crippen LogP contribution in [0.25, 0.3) is 28.0 Å². The van der Waals surface area contributed by atoms with E-state index in [1.165, 1.54) is 0 Å². The van der Waals surface area contributed by atoms with Crippen molar-refractivity contribution in [1.82, 2.24) is 19.7 Å². The zero-order valence-electron chi connectivity index (χ0n) is 16.3. The maximum Gasteiger partial charge on any atom is 0.163 e. The molecule has 2 aromatic carbocycles. The zero-order valence-corrected chi connectivity index (χ0v) is 16.3. The van der Waals surface area contributed by atoms with Crippen molar-refractivity contribution in [3.63, 3.8) is 0 Å². The Labute approximate surface area is 165 Å². The Balaban J connectivity index is 1.61. The third-order valence-electron chi connectivity index (χ3n) is 4.71. The molecule has 0 spiro atoms. The van der Waals surface area contributed by atoms with Gasteiger partial charge in [0, 0.05) is 29.4 Å². The average Bonchev–Trinajstić information content (AvgIpc) is 3.12. The van der Waals surface area contributed by atoms with E-state index in [0.29, 0.717) is 0 Å². The lowest BCUT2D eigenvalue weighted by Gasteiger charge is -2.11. The summed E-state index contributed by atoms with van der Waals surface area (Å²) in [6, 6.07) is 22.7. The minimum absolute atomic E-state index is 0.869. The summed E-state index contributed by atoms with van der Waals surface area (Å²) >= 11 is 0. The fraction of sp³-hybridized carbons (Fsp3) is 0.217. The van der Waals surface area contributed by atoms with Crippen LogP contribution in [0.4, 0.5) is 5.69 Å². The Hall–Kier alpha value is -3.18. The molecule has 0 fully saturated rings. The van der Waals surface area contributed by atoms with Crippen molar-refractivity contribution in [3.05, 3.63) is 72.9 Å². The van der Waals surface area contributed by atoms with Crippen molar-refractivity contribution in [1.29, 1.82) is 0 Å². The molecule has 0 aliphatic heterocycles. The predicted molar refractivity (Wildman–Crippen MR) is 116 cm³/mol. The molecule has 4 rings (SSSR count). The number of nitrogens with zero attached hydrogens (tertiary/aromatic N) is 4. The molecule has 142 valence electrons. The second-order valence-electron chi connectivity index (χ2n) is 7.13. The molecular formula is C23H25N5. The summed E-state index contributed by atoms with van der Waals surface area (Å²) in [5.74, 6) is 0. The van der Waals surface area contributed by atoms with Gasteiger partial charge in [0.25, 0.3) is 0 Å². The van der Waals surface area contributed by atoms with Crippen LogP contribution in [0.2, 0.25) is 0 Å². The molecule has 0 unspecified atom stereocenters. The van der Waals surface area contributed by atoms with Crippen LogP contribution in [0.5, 0.6) is 0 Å². The third-order valence-corrected chi connectivity index (χ3v) is 4.71. The Morgan fingerprint density at radius 1 is 0.929 bits per heavy atom. The number of anilines is 1. The SMILES string of the molecule is CN(C)CCCNc1ccc(-n2nc(-c3ccccc3)c3cccnc32)cc1. The highest BCUT2D eigenvalue weighted by molar-refractivity contribution is 5.91. The van der Waals surface area contributed by atoms with E-state index in [-0.39, 0.29) is 0 Å². The Kier molecular flexibility index (Phi) is 5.35. The van der Waals surface area contributed by atoms with Crippen molar-refractivity contribution in [3.8, 4) is 16.9 Å². The van der Waals surface area contributed by atoms with E-state index < -0.39 is 0 Å². The first kappa shape index (κ1) is 18.2. The van der Waals surface area contributed by atoms with Gasteiger partial charge in [-0.1, -0.05) is 30.3 Å². The molecule has 0 amide bonds. The lowest BCUT2D eigenvalue weighted by molar-refractivity contribution is 0.405. The number of fused-ring (bicyclic) bond motifs is 1. The third kappa shape index (κ3) is 3.89. The molecule has 2 heterocycles. The van der Waals surface area contributed by atoms with Crippen LogP contribution in [0.1, 0.15) is 6.42 Å². The van der Waals surface area contributed by atoms with Gasteiger partial charge in [-0.3, -0.25) is 0 Å². The molecule has 5 heteroatoms. The highest BCUT2D eigenvalue weighted by Crippen LogP contribution is 2.28. The van der Waals surface area contributed by atoms with Gasteiger partial charge in [0.15, 0.2) is 5.65 Å². The highest BCUT2D eigenvalue weighted by atomic mass is 15.3. The normalized spacial score (nSPS) is 11.2. The Bertz CT molecular complexity index is 1040. The number of aromatic nitrogens is 3. The van der Waals surface area contributed by atoms with Gasteiger partial charge in [0.1, 0.15) is 5.69 Å². The Morgan fingerprint density at radius 2 is 1.71 bits per heavy atom. The number of hydrogen-bond donors (Lipinski definition) is 1. The zero-order chi connectivity index (χ0) is 19.3. The number of nitrogens with one attached hydrogen (secondary N) is 1. The topological polar surface area (TPSA) is 46.0 Å². The molecule has 2 aromatic heterocycles. The average molecular weight is 371 g/mol. The maximum absolute atomic E-state index is 4.88. The van der Waals surface area contributed by atoms with E-state index >= 15 is 0 Å². The van der Waals surface area contributed by atoms with E-state index in [1.54, 1.807) is 0 Å². The predicted octanol–water partition coefficient (Wildman–Crippen LogP) is 4.45. The molecule has 0 saturated heterocycles. The minimum Gasteiger partial charge on any atom is -0.385 e. The van der Waals surface area contributed by atoms with Gasteiger partial charge in [0.05, 0.1) is 5.69 Å². The molecule has 28 heavy (non-hydrogen) atoms. The number of pyridine rings is 1. The first-order valence-corrected chi connectivity index (χ1v) is 9.60. The van der Waals surface area contributed by atoms with Crippen LogP contribution < -0.4 is 5.32 Å². The van der Waals surface area contributed by atoms with Gasteiger partial charge in [-0.25, -0.2) is 9.67 Å². The van der Waals surface area contributed by atoms with Crippen molar-refractivity contribution in [2.24, 2.45) is 0 Å². The quantitative estimate of drug-likeness (QED) is 0.488. The van der Waals surface area contributed by atoms with E-state index in [0.717, 1.165) is 53.2 Å². The van der Waals surface area contributed by atoms with E-state index in [1.807, 2.05) is 35.1 Å². The largest absolute Gasteiger partial charge is 0.385 e. The second kappa shape index (κ2) is 8.23. The number of rotatable bonds is 7. The van der Waals surface area contributed by atoms with Gasteiger partial charge in [-0.2, -0.15) is 5.10 Å². The standard InChI is InChI=1S/C23H25N5/c1-27(2)17-7-16-24-19-11-13-20(14-12-19)28-23-21(10-6-15-25-23)22(26-28)18-8-4-3-5-9-18/h3-6,8-15,24H,7,16-17H2,1-2H3. The molecule has 1 N–H and O–H groups in total. The van der Waals surface area contributed by atoms with Gasteiger partial charge in [-0.05, 0) is 63.5 Å². The Morgan fingerprint density at radius 3 is 2.46 bits per heavy atom. The molecule has 5 nitrogen and oxygen atoms in total. The number of hydrogen-bond acceptors (Lipinski definition) is 4. The molecule has 0 saturated carbocycles. The molecular weight excluding hydrogens is 346 g/mol. The van der Waals surface area contributed by atoms with Gasteiger partial charge in [0.2, 0.25) is 0 Å². The summed E-state index contributed by atoms with van der Waals surface area (Å²) in [4.78, 5) is 6.78. The highest BCUT2D eigenvalue weighted by Gasteiger charge is 2.14. The maximum atomic E-state index is 4.88. The van der Waals surface area contributed by atoms with Crippen LogP contribution in [-0.2, 0) is 0 Å². The minimum atomic E-state index is 0.869. The van der Waals surface area contributed by atoms with Crippen molar-refractivity contribution >= 4 is 16.7 Å². The number of benzene rings is 2. The molecule has 0 bridgehead atoms. The summed E-state index contributed by atoms with van der Waals surface area (Å²) in [5, 5.41) is 9.41. The van der Waals surface area contributed by atoms with Crippen molar-refractivity contribution in [2.45, 2.75) is 6.42 Å². The van der Waals surface area contributed by atoms with E-state index in [9.17, 15) is 0 Å². The van der Waals surface area contributed by atoms with Gasteiger partial charge in [-0.15, -0.1) is 0 Å². The lowest BCUT2D eigenvalue weighted by atomic mass is 10.1. The second-order valence-corrected chi connectivity index (χ2v) is 7.13. The summed E-state index contributed by atoms with van der Waals surface area (Å²) in [6.45, 7) is 2.04. The summed E-state index contributed by atoms with van der Waals surface area (Å²) in [5.41, 5.74) is 5.04. The fourth-order valence-electron chi connectivity index (χ4n) is 3.29. The van der Waals surface area contributed by atoms with Gasteiger partial charge < -0.3 is 10.2 Å². The van der Waals surface area contributed by atoms with Gasteiger partial charge >= 0.3 is 0 Å². The molecule has 0 aliphatic carbocycles. The monoisotopic (exact) mass is 371 g/mol. The van der Waals surface area contributed by atoms with E-state index in [2.05, 4.69) is 71.8 Å². The summed E-state index contributed by atoms with van der Waals surface area (Å²) < 4.78 is 1.92. The molecule has 0 aliphatic rings. The smallest absolute Gasteiger partial charge is 0.163 e.